The van der Waals surface area contributed by atoms with Gasteiger partial charge in [0, 0.05) is 42.9 Å². The van der Waals surface area contributed by atoms with Crippen molar-refractivity contribution in [2.24, 2.45) is 0 Å². The first-order valence-electron chi connectivity index (χ1n) is 7.15. The largest absolute Gasteiger partial charge is 0.354 e. The van der Waals surface area contributed by atoms with Gasteiger partial charge < -0.3 is 10.6 Å². The van der Waals surface area contributed by atoms with Crippen molar-refractivity contribution in [3.05, 3.63) is 30.3 Å². The van der Waals surface area contributed by atoms with E-state index < -0.39 is 0 Å². The molecule has 110 valence electrons. The van der Waals surface area contributed by atoms with Gasteiger partial charge in [0.15, 0.2) is 0 Å². The Bertz CT molecular complexity index is 413. The summed E-state index contributed by atoms with van der Waals surface area (Å²) in [6.45, 7) is 6.29. The summed E-state index contributed by atoms with van der Waals surface area (Å²) in [5, 5.41) is 6.33. The van der Waals surface area contributed by atoms with E-state index in [0.717, 1.165) is 31.9 Å². The molecule has 1 aromatic rings. The molecule has 1 heterocycles. The van der Waals surface area contributed by atoms with Crippen LogP contribution in [0.25, 0.3) is 0 Å². The lowest BCUT2D eigenvalue weighted by Gasteiger charge is -2.33. The molecule has 0 bridgehead atoms. The number of carbonyl (C=O) groups excluding carboxylic acids is 1. The molecule has 1 aliphatic heterocycles. The molecule has 1 fully saturated rings. The molecular formula is C15H23N3OS. The fraction of sp³-hybridized carbons (Fsp3) is 0.533. The van der Waals surface area contributed by atoms with Crippen molar-refractivity contribution in [2.75, 3.05) is 38.5 Å². The average molecular weight is 293 g/mol. The first-order valence-corrected chi connectivity index (χ1v) is 8.13. The predicted octanol–water partition coefficient (Wildman–Crippen LogP) is 1.19. The Morgan fingerprint density at radius 2 is 2.25 bits per heavy atom. The Morgan fingerprint density at radius 1 is 1.45 bits per heavy atom. The average Bonchev–Trinajstić information content (AvgIpc) is 2.47. The molecular weight excluding hydrogens is 270 g/mol. The summed E-state index contributed by atoms with van der Waals surface area (Å²) >= 11 is 1.77. The van der Waals surface area contributed by atoms with Gasteiger partial charge in [0.2, 0.25) is 5.91 Å². The zero-order chi connectivity index (χ0) is 14.2. The quantitative estimate of drug-likeness (QED) is 0.611. The molecule has 4 nitrogen and oxygen atoms in total. The topological polar surface area (TPSA) is 44.4 Å². The summed E-state index contributed by atoms with van der Waals surface area (Å²) < 4.78 is 0. The van der Waals surface area contributed by atoms with E-state index in [-0.39, 0.29) is 5.91 Å². The van der Waals surface area contributed by atoms with Gasteiger partial charge >= 0.3 is 0 Å². The number of piperazine rings is 1. The van der Waals surface area contributed by atoms with Crippen molar-refractivity contribution in [3.8, 4) is 0 Å². The molecule has 0 saturated carbocycles. The highest BCUT2D eigenvalue weighted by molar-refractivity contribution is 7.99. The molecule has 0 aromatic heterocycles. The van der Waals surface area contributed by atoms with Crippen molar-refractivity contribution in [1.82, 2.24) is 15.5 Å². The van der Waals surface area contributed by atoms with Gasteiger partial charge in [0.25, 0.3) is 0 Å². The lowest BCUT2D eigenvalue weighted by Crippen LogP contribution is -2.52. The van der Waals surface area contributed by atoms with E-state index in [4.69, 9.17) is 0 Å². The summed E-state index contributed by atoms with van der Waals surface area (Å²) in [6.07, 6.45) is 0. The van der Waals surface area contributed by atoms with E-state index >= 15 is 0 Å². The Labute approximate surface area is 125 Å². The standard InChI is InChI=1S/C15H23N3OS/c1-13-11-16-7-9-18(13)12-15(19)17-8-10-20-14-5-3-2-4-6-14/h2-6,13,16H,7-12H2,1H3,(H,17,19)/t13-/m0/s1. The van der Waals surface area contributed by atoms with Gasteiger partial charge in [-0.15, -0.1) is 11.8 Å². The molecule has 0 unspecified atom stereocenters. The van der Waals surface area contributed by atoms with Crippen LogP contribution in [0, 0.1) is 0 Å². The third-order valence-electron chi connectivity index (χ3n) is 3.42. The maximum atomic E-state index is 11.9. The van der Waals surface area contributed by atoms with Crippen LogP contribution in [0.4, 0.5) is 0 Å². The molecule has 1 aromatic carbocycles. The highest BCUT2D eigenvalue weighted by Gasteiger charge is 2.19. The minimum absolute atomic E-state index is 0.132. The smallest absolute Gasteiger partial charge is 0.234 e. The van der Waals surface area contributed by atoms with Crippen LogP contribution in [0.1, 0.15) is 6.92 Å². The van der Waals surface area contributed by atoms with Gasteiger partial charge in [-0.25, -0.2) is 0 Å². The summed E-state index contributed by atoms with van der Waals surface area (Å²) in [7, 11) is 0. The third kappa shape index (κ3) is 5.15. The zero-order valence-corrected chi connectivity index (χ0v) is 12.8. The molecule has 0 spiro atoms. The number of nitrogens with zero attached hydrogens (tertiary/aromatic N) is 1. The van der Waals surface area contributed by atoms with Crippen LogP contribution < -0.4 is 10.6 Å². The first-order chi connectivity index (χ1) is 9.75. The molecule has 1 saturated heterocycles. The van der Waals surface area contributed by atoms with Crippen molar-refractivity contribution in [2.45, 2.75) is 17.9 Å². The highest BCUT2D eigenvalue weighted by atomic mass is 32.2. The SMILES string of the molecule is C[C@H]1CNCCN1CC(=O)NCCSc1ccccc1. The van der Waals surface area contributed by atoms with E-state index in [1.807, 2.05) is 18.2 Å². The first kappa shape index (κ1) is 15.4. The zero-order valence-electron chi connectivity index (χ0n) is 12.0. The molecule has 0 radical (unpaired) electrons. The Balaban J connectivity index is 1.60. The molecule has 1 aliphatic rings. The third-order valence-corrected chi connectivity index (χ3v) is 4.44. The number of carbonyl (C=O) groups is 1. The molecule has 1 amide bonds. The fourth-order valence-corrected chi connectivity index (χ4v) is 3.02. The monoisotopic (exact) mass is 293 g/mol. The van der Waals surface area contributed by atoms with Crippen LogP contribution in [0.15, 0.2) is 35.2 Å². The summed E-state index contributed by atoms with van der Waals surface area (Å²) in [5.41, 5.74) is 0. The van der Waals surface area contributed by atoms with E-state index in [1.54, 1.807) is 11.8 Å². The van der Waals surface area contributed by atoms with Gasteiger partial charge in [-0.1, -0.05) is 18.2 Å². The van der Waals surface area contributed by atoms with Gasteiger partial charge in [-0.3, -0.25) is 9.69 Å². The number of rotatable bonds is 6. The number of hydrogen-bond acceptors (Lipinski definition) is 4. The minimum atomic E-state index is 0.132. The van der Waals surface area contributed by atoms with Crippen LogP contribution in [0.3, 0.4) is 0 Å². The predicted molar refractivity (Wildman–Crippen MR) is 84.1 cm³/mol. The minimum Gasteiger partial charge on any atom is -0.354 e. The lowest BCUT2D eigenvalue weighted by atomic mass is 10.2. The second-order valence-electron chi connectivity index (χ2n) is 5.04. The highest BCUT2D eigenvalue weighted by Crippen LogP contribution is 2.15. The molecule has 0 aliphatic carbocycles. The number of nitrogens with one attached hydrogen (secondary N) is 2. The molecule has 1 atom stereocenters. The van der Waals surface area contributed by atoms with Gasteiger partial charge in [-0.05, 0) is 19.1 Å². The van der Waals surface area contributed by atoms with Gasteiger partial charge in [0.1, 0.15) is 0 Å². The van der Waals surface area contributed by atoms with E-state index in [2.05, 4.69) is 34.6 Å². The van der Waals surface area contributed by atoms with Crippen molar-refractivity contribution < 1.29 is 4.79 Å². The Kier molecular flexibility index (Phi) is 6.36. The van der Waals surface area contributed by atoms with E-state index in [9.17, 15) is 4.79 Å². The molecule has 2 N–H and O–H groups in total. The number of amides is 1. The van der Waals surface area contributed by atoms with Crippen LogP contribution in [0.5, 0.6) is 0 Å². The summed E-state index contributed by atoms with van der Waals surface area (Å²) in [5.74, 6) is 1.04. The second kappa shape index (κ2) is 8.29. The maximum Gasteiger partial charge on any atom is 0.234 e. The number of benzene rings is 1. The van der Waals surface area contributed by atoms with Crippen molar-refractivity contribution in [3.63, 3.8) is 0 Å². The van der Waals surface area contributed by atoms with Crippen LogP contribution in [0.2, 0.25) is 0 Å². The van der Waals surface area contributed by atoms with Crippen LogP contribution in [-0.4, -0.2) is 55.3 Å². The van der Waals surface area contributed by atoms with Crippen LogP contribution in [-0.2, 0) is 4.79 Å². The van der Waals surface area contributed by atoms with Crippen molar-refractivity contribution >= 4 is 17.7 Å². The normalized spacial score (nSPS) is 19.8. The maximum absolute atomic E-state index is 11.9. The Morgan fingerprint density at radius 3 is 3.00 bits per heavy atom. The fourth-order valence-electron chi connectivity index (χ4n) is 2.23. The second-order valence-corrected chi connectivity index (χ2v) is 6.20. The van der Waals surface area contributed by atoms with Crippen molar-refractivity contribution in [1.29, 1.82) is 0 Å². The van der Waals surface area contributed by atoms with Gasteiger partial charge in [-0.2, -0.15) is 0 Å². The molecule has 5 heteroatoms. The van der Waals surface area contributed by atoms with E-state index in [1.165, 1.54) is 4.90 Å². The molecule has 20 heavy (non-hydrogen) atoms. The Hall–Kier alpha value is -1.04. The van der Waals surface area contributed by atoms with Gasteiger partial charge in [0.05, 0.1) is 6.54 Å². The van der Waals surface area contributed by atoms with Crippen LogP contribution >= 0.6 is 11.8 Å². The summed E-state index contributed by atoms with van der Waals surface area (Å²) in [6, 6.07) is 10.7. The number of thioether (sulfide) groups is 1. The van der Waals surface area contributed by atoms with E-state index in [0.29, 0.717) is 12.6 Å². The molecule has 2 rings (SSSR count). The number of hydrogen-bond donors (Lipinski definition) is 2. The summed E-state index contributed by atoms with van der Waals surface area (Å²) in [4.78, 5) is 15.4. The lowest BCUT2D eigenvalue weighted by molar-refractivity contribution is -0.122.